The zero-order valence-electron chi connectivity index (χ0n) is 15.8. The first-order valence-corrected chi connectivity index (χ1v) is 7.91. The molecule has 0 saturated heterocycles. The van der Waals surface area contributed by atoms with E-state index in [4.69, 9.17) is 5.11 Å². The highest BCUT2D eigenvalue weighted by Gasteiger charge is 2.14. The van der Waals surface area contributed by atoms with Gasteiger partial charge in [-0.15, -0.1) is 0 Å². The fourth-order valence-corrected chi connectivity index (χ4v) is 1.15. The van der Waals surface area contributed by atoms with Crippen LogP contribution in [0, 0.1) is 0 Å². The number of benzene rings is 1. The maximum absolute atomic E-state index is 10.5. The molecule has 0 saturated carbocycles. The smallest absolute Gasteiger partial charge is 0.344 e. The van der Waals surface area contributed by atoms with E-state index >= 15 is 0 Å². The third-order valence-corrected chi connectivity index (χ3v) is 2.50. The number of hydrogen-bond acceptors (Lipinski definition) is 5. The second kappa shape index (κ2) is 16.1. The Hall–Kier alpha value is -3.41. The Morgan fingerprint density at radius 1 is 1.04 bits per heavy atom. The Balaban J connectivity index is 0. The lowest BCUT2D eigenvalue weighted by Gasteiger charge is -1.98. The summed E-state index contributed by atoms with van der Waals surface area (Å²) in [6, 6.07) is 10.0. The molecule has 1 N–H and O–H groups in total. The standard InChI is InChI=1S/C8H8.C7H10O2.C6H8O4/c1-2-8-6-4-3-5-7-8;1-4-5-9-7(8)6(2)3;1-3-10-6(9)4(2)5(7)8/h2-7H,1H2;4H,1-2,5H2,3H3;2-3H2,1H3,(H,7,8). The largest absolute Gasteiger partial charge is 0.477 e. The molecule has 0 radical (unpaired) electrons. The first-order valence-electron chi connectivity index (χ1n) is 7.91. The molecule has 0 aliphatic heterocycles. The van der Waals surface area contributed by atoms with E-state index in [-0.39, 0.29) is 19.2 Å². The van der Waals surface area contributed by atoms with Crippen molar-refractivity contribution >= 4 is 24.0 Å². The lowest BCUT2D eigenvalue weighted by atomic mass is 10.2. The van der Waals surface area contributed by atoms with Gasteiger partial charge < -0.3 is 14.6 Å². The number of carbonyl (C=O) groups is 3. The maximum atomic E-state index is 10.5. The number of carboxylic acids is 1. The van der Waals surface area contributed by atoms with Crippen LogP contribution >= 0.6 is 0 Å². The summed E-state index contributed by atoms with van der Waals surface area (Å²) in [6.07, 6.45) is 3.35. The summed E-state index contributed by atoms with van der Waals surface area (Å²) in [5.41, 5.74) is 1.05. The predicted octanol–water partition coefficient (Wildman–Crippen LogP) is 3.81. The number of ether oxygens (including phenoxy) is 2. The predicted molar refractivity (Wildman–Crippen MR) is 106 cm³/mol. The summed E-state index contributed by atoms with van der Waals surface area (Å²) in [6.45, 7) is 17.0. The van der Waals surface area contributed by atoms with Crippen LogP contribution in [0.2, 0.25) is 0 Å². The molecule has 1 rings (SSSR count). The van der Waals surface area contributed by atoms with Gasteiger partial charge in [-0.1, -0.05) is 68.8 Å². The number of aliphatic carboxylic acids is 1. The number of rotatable bonds is 7. The number of esters is 2. The van der Waals surface area contributed by atoms with Crippen molar-refractivity contribution in [1.29, 1.82) is 0 Å². The van der Waals surface area contributed by atoms with Gasteiger partial charge >= 0.3 is 17.9 Å². The normalized spacial score (nSPS) is 8.37. The molecule has 6 heteroatoms. The highest BCUT2D eigenvalue weighted by molar-refractivity contribution is 6.12. The van der Waals surface area contributed by atoms with Crippen molar-refractivity contribution in [2.24, 2.45) is 0 Å². The van der Waals surface area contributed by atoms with E-state index in [0.29, 0.717) is 5.57 Å². The van der Waals surface area contributed by atoms with Crippen LogP contribution in [-0.4, -0.2) is 36.2 Å². The minimum atomic E-state index is -1.35. The van der Waals surface area contributed by atoms with Crippen molar-refractivity contribution in [2.45, 2.75) is 13.8 Å². The summed E-state index contributed by atoms with van der Waals surface area (Å²) in [4.78, 5) is 31.0. The molecular weight excluding hydrogens is 348 g/mol. The molecule has 0 fully saturated rings. The van der Waals surface area contributed by atoms with Crippen molar-refractivity contribution in [3.05, 3.63) is 79.4 Å². The van der Waals surface area contributed by atoms with Gasteiger partial charge in [0.15, 0.2) is 0 Å². The van der Waals surface area contributed by atoms with E-state index in [1.165, 1.54) is 11.6 Å². The molecule has 0 atom stereocenters. The average Bonchev–Trinajstić information content (AvgIpc) is 2.67. The molecule has 0 spiro atoms. The first kappa shape index (κ1) is 25.8. The summed E-state index contributed by atoms with van der Waals surface area (Å²) in [5.74, 6) is -2.59. The Morgan fingerprint density at radius 2 is 1.59 bits per heavy atom. The van der Waals surface area contributed by atoms with Crippen LogP contribution in [-0.2, 0) is 23.9 Å². The summed E-state index contributed by atoms with van der Waals surface area (Å²) in [7, 11) is 0. The molecule has 6 nitrogen and oxygen atoms in total. The van der Waals surface area contributed by atoms with E-state index in [0.717, 1.165) is 0 Å². The van der Waals surface area contributed by atoms with Gasteiger partial charge in [0.25, 0.3) is 0 Å². The third-order valence-electron chi connectivity index (χ3n) is 2.50. The molecule has 0 bridgehead atoms. The second-order valence-electron chi connectivity index (χ2n) is 4.79. The highest BCUT2D eigenvalue weighted by atomic mass is 16.5. The topological polar surface area (TPSA) is 89.9 Å². The number of hydrogen-bond donors (Lipinski definition) is 1. The van der Waals surface area contributed by atoms with E-state index in [1.807, 2.05) is 36.4 Å². The zero-order chi connectivity index (χ0) is 21.2. The van der Waals surface area contributed by atoms with Crippen molar-refractivity contribution in [3.8, 4) is 0 Å². The number of carbonyl (C=O) groups excluding carboxylic acids is 2. The summed E-state index contributed by atoms with van der Waals surface area (Å²) < 4.78 is 8.94. The van der Waals surface area contributed by atoms with Gasteiger partial charge in [-0.05, 0) is 19.4 Å². The molecule has 1 aromatic carbocycles. The lowest BCUT2D eigenvalue weighted by Crippen LogP contribution is -2.13. The second-order valence-corrected chi connectivity index (χ2v) is 4.79. The molecule has 0 heterocycles. The van der Waals surface area contributed by atoms with Crippen molar-refractivity contribution < 1.29 is 29.0 Å². The maximum Gasteiger partial charge on any atom is 0.344 e. The zero-order valence-corrected chi connectivity index (χ0v) is 15.8. The fraction of sp³-hybridized carbons (Fsp3) is 0.190. The van der Waals surface area contributed by atoms with E-state index in [9.17, 15) is 14.4 Å². The minimum absolute atomic E-state index is 0.158. The molecule has 0 aliphatic rings. The monoisotopic (exact) mass is 374 g/mol. The SMILES string of the molecule is C=C(C(=O)O)C(=O)OCC.C=CCOC(=O)C(=C)C.C=Cc1ccccc1. The average molecular weight is 374 g/mol. The van der Waals surface area contributed by atoms with Crippen LogP contribution in [0.1, 0.15) is 19.4 Å². The molecule has 27 heavy (non-hydrogen) atoms. The Bertz CT molecular complexity index is 659. The Kier molecular flexibility index (Phi) is 15.4. The van der Waals surface area contributed by atoms with Gasteiger partial charge in [0.1, 0.15) is 12.2 Å². The summed E-state index contributed by atoms with van der Waals surface area (Å²) >= 11 is 0. The first-order chi connectivity index (χ1) is 12.7. The van der Waals surface area contributed by atoms with E-state index in [2.05, 4.69) is 35.8 Å². The van der Waals surface area contributed by atoms with Gasteiger partial charge in [0.05, 0.1) is 6.61 Å². The molecule has 0 amide bonds. The third kappa shape index (κ3) is 14.6. The van der Waals surface area contributed by atoms with E-state index < -0.39 is 17.5 Å². The molecule has 1 aromatic rings. The van der Waals surface area contributed by atoms with Crippen LogP contribution in [0.15, 0.2) is 73.9 Å². The van der Waals surface area contributed by atoms with Crippen LogP contribution in [0.25, 0.3) is 6.08 Å². The van der Waals surface area contributed by atoms with Crippen LogP contribution in [0.3, 0.4) is 0 Å². The van der Waals surface area contributed by atoms with Gasteiger partial charge in [-0.2, -0.15) is 0 Å². The molecular formula is C21H26O6. The van der Waals surface area contributed by atoms with Crippen molar-refractivity contribution in [3.63, 3.8) is 0 Å². The highest BCUT2D eigenvalue weighted by Crippen LogP contribution is 1.97. The van der Waals surface area contributed by atoms with Crippen LogP contribution < -0.4 is 0 Å². The molecule has 0 unspecified atom stereocenters. The van der Waals surface area contributed by atoms with Crippen LogP contribution in [0.5, 0.6) is 0 Å². The van der Waals surface area contributed by atoms with Crippen molar-refractivity contribution in [2.75, 3.05) is 13.2 Å². The summed E-state index contributed by atoms with van der Waals surface area (Å²) in [5, 5.41) is 8.18. The lowest BCUT2D eigenvalue weighted by molar-refractivity contribution is -0.144. The van der Waals surface area contributed by atoms with Crippen molar-refractivity contribution in [1.82, 2.24) is 0 Å². The Morgan fingerprint density at radius 3 is 1.93 bits per heavy atom. The number of carboxylic acid groups (broad SMARTS) is 1. The van der Waals surface area contributed by atoms with Crippen LogP contribution in [0.4, 0.5) is 0 Å². The van der Waals surface area contributed by atoms with E-state index in [1.54, 1.807) is 13.8 Å². The molecule has 0 aliphatic carbocycles. The minimum Gasteiger partial charge on any atom is -0.477 e. The van der Waals surface area contributed by atoms with Gasteiger partial charge in [0.2, 0.25) is 0 Å². The van der Waals surface area contributed by atoms with Gasteiger partial charge in [0, 0.05) is 5.57 Å². The van der Waals surface area contributed by atoms with Gasteiger partial charge in [-0.3, -0.25) is 0 Å². The molecule has 0 aromatic heterocycles. The Labute approximate surface area is 160 Å². The fourth-order valence-electron chi connectivity index (χ4n) is 1.15. The van der Waals surface area contributed by atoms with Gasteiger partial charge in [-0.25, -0.2) is 14.4 Å². The molecule has 146 valence electrons. The quantitative estimate of drug-likeness (QED) is 0.257.